The maximum absolute atomic E-state index is 4.75. The molecule has 2 aromatic carbocycles. The Balaban J connectivity index is 2.20. The third-order valence-corrected chi connectivity index (χ3v) is 4.62. The Hall–Kier alpha value is -2.42. The van der Waals surface area contributed by atoms with Crippen molar-refractivity contribution < 1.29 is 4.68 Å². The van der Waals surface area contributed by atoms with Crippen LogP contribution in [0.1, 0.15) is 33.4 Å². The Labute approximate surface area is 144 Å². The summed E-state index contributed by atoms with van der Waals surface area (Å²) in [5.41, 5.74) is 11.3. The zero-order chi connectivity index (χ0) is 17.6. The lowest BCUT2D eigenvalue weighted by atomic mass is 9.97. The number of rotatable bonds is 2. The van der Waals surface area contributed by atoms with E-state index in [1.807, 2.05) is 16.4 Å². The van der Waals surface area contributed by atoms with Crippen LogP contribution in [0.3, 0.4) is 0 Å². The van der Waals surface area contributed by atoms with Crippen LogP contribution in [0.4, 0.5) is 0 Å². The van der Waals surface area contributed by atoms with Crippen molar-refractivity contribution in [3.05, 3.63) is 63.8 Å². The quantitative estimate of drug-likeness (QED) is 0.648. The summed E-state index contributed by atoms with van der Waals surface area (Å²) in [6, 6.07) is 8.90. The van der Waals surface area contributed by atoms with Crippen LogP contribution in [0.15, 0.2) is 30.5 Å². The summed E-state index contributed by atoms with van der Waals surface area (Å²) >= 11 is 0. The molecule has 0 amide bonds. The minimum absolute atomic E-state index is 1.14. The average molecular weight is 320 g/mol. The lowest BCUT2D eigenvalue weighted by Crippen LogP contribution is -2.35. The van der Waals surface area contributed by atoms with Gasteiger partial charge in [0.15, 0.2) is 17.6 Å². The molecule has 0 fully saturated rings. The number of aryl methyl sites for hydroxylation is 7. The minimum Gasteiger partial charge on any atom is -0.132 e. The van der Waals surface area contributed by atoms with Crippen LogP contribution in [-0.2, 0) is 7.05 Å². The summed E-state index contributed by atoms with van der Waals surface area (Å²) in [6.07, 6.45) is 2.15. The monoisotopic (exact) mass is 320 g/mol. The van der Waals surface area contributed by atoms with E-state index in [1.165, 1.54) is 44.6 Å². The fraction of sp³-hybridized carbons (Fsp3) is 0.333. The summed E-state index contributed by atoms with van der Waals surface area (Å²) in [5, 5.41) is 4.75. The van der Waals surface area contributed by atoms with Gasteiger partial charge >= 0.3 is 0 Å². The lowest BCUT2D eigenvalue weighted by molar-refractivity contribution is -0.662. The summed E-state index contributed by atoms with van der Waals surface area (Å²) in [6.45, 7) is 12.9. The number of aromatic nitrogens is 3. The van der Waals surface area contributed by atoms with Crippen molar-refractivity contribution in [1.29, 1.82) is 0 Å². The van der Waals surface area contributed by atoms with E-state index in [9.17, 15) is 0 Å². The van der Waals surface area contributed by atoms with Crippen LogP contribution in [0.2, 0.25) is 0 Å². The topological polar surface area (TPSA) is 21.7 Å². The molecule has 124 valence electrons. The maximum Gasteiger partial charge on any atom is 0.198 e. The van der Waals surface area contributed by atoms with E-state index < -0.39 is 0 Å². The van der Waals surface area contributed by atoms with E-state index in [0.717, 1.165) is 5.69 Å². The van der Waals surface area contributed by atoms with Crippen LogP contribution in [0, 0.1) is 41.5 Å². The summed E-state index contributed by atoms with van der Waals surface area (Å²) in [4.78, 5) is 0. The molecule has 24 heavy (non-hydrogen) atoms. The van der Waals surface area contributed by atoms with Crippen LogP contribution in [-0.4, -0.2) is 9.90 Å². The predicted octanol–water partition coefficient (Wildman–Crippen LogP) is 4.21. The molecule has 0 saturated heterocycles. The van der Waals surface area contributed by atoms with Gasteiger partial charge in [-0.15, -0.1) is 9.36 Å². The van der Waals surface area contributed by atoms with Gasteiger partial charge < -0.3 is 0 Å². The van der Waals surface area contributed by atoms with Crippen LogP contribution >= 0.6 is 0 Å². The molecule has 0 radical (unpaired) electrons. The first-order valence-corrected chi connectivity index (χ1v) is 8.40. The normalized spacial score (nSPS) is 11.1. The van der Waals surface area contributed by atoms with E-state index in [-0.39, 0.29) is 0 Å². The van der Waals surface area contributed by atoms with Gasteiger partial charge in [-0.1, -0.05) is 35.4 Å². The van der Waals surface area contributed by atoms with E-state index in [4.69, 9.17) is 5.21 Å². The van der Waals surface area contributed by atoms with Gasteiger partial charge in [-0.3, -0.25) is 0 Å². The van der Waals surface area contributed by atoms with Crippen molar-refractivity contribution in [3.63, 3.8) is 0 Å². The molecule has 0 unspecified atom stereocenters. The standard InChI is InChI=1S/C21H26N3/c1-13-8-15(3)20(16(4)9-13)19-12-24(22-23(19)7)21-17(5)10-14(2)11-18(21)6/h8-12H,1-7H3/q+1. The smallest absolute Gasteiger partial charge is 0.132 e. The van der Waals surface area contributed by atoms with Gasteiger partial charge in [-0.25, -0.2) is 0 Å². The SMILES string of the molecule is Cc1cc(C)c(-c2c[n+](-c3c(C)cc(C)cc3C)nn2C)c(C)c1. The summed E-state index contributed by atoms with van der Waals surface area (Å²) in [5.74, 6) is 0. The lowest BCUT2D eigenvalue weighted by Gasteiger charge is -2.07. The molecule has 1 heterocycles. The highest BCUT2D eigenvalue weighted by molar-refractivity contribution is 5.67. The Morgan fingerprint density at radius 1 is 0.750 bits per heavy atom. The number of hydrogen-bond donors (Lipinski definition) is 0. The molecule has 0 spiro atoms. The largest absolute Gasteiger partial charge is 0.198 e. The Kier molecular flexibility index (Phi) is 4.04. The molecule has 0 aliphatic carbocycles. The maximum atomic E-state index is 4.75. The first-order chi connectivity index (χ1) is 11.3. The molecule has 0 aliphatic rings. The number of nitrogens with zero attached hydrogens (tertiary/aromatic N) is 3. The summed E-state index contributed by atoms with van der Waals surface area (Å²) in [7, 11) is 2.02. The van der Waals surface area contributed by atoms with E-state index in [0.29, 0.717) is 0 Å². The second-order valence-corrected chi connectivity index (χ2v) is 6.99. The van der Waals surface area contributed by atoms with Gasteiger partial charge in [-0.05, 0) is 63.8 Å². The van der Waals surface area contributed by atoms with Gasteiger partial charge in [0, 0.05) is 5.56 Å². The van der Waals surface area contributed by atoms with Gasteiger partial charge in [-0.2, -0.15) is 0 Å². The zero-order valence-electron chi connectivity index (χ0n) is 15.7. The Bertz CT molecular complexity index is 886. The van der Waals surface area contributed by atoms with Gasteiger partial charge in [0.1, 0.15) is 7.05 Å². The van der Waals surface area contributed by atoms with Gasteiger partial charge in [0.25, 0.3) is 0 Å². The van der Waals surface area contributed by atoms with Crippen LogP contribution in [0.5, 0.6) is 0 Å². The highest BCUT2D eigenvalue weighted by Gasteiger charge is 2.22. The molecule has 3 rings (SSSR count). The van der Waals surface area contributed by atoms with Crippen molar-refractivity contribution in [3.8, 4) is 16.9 Å². The first kappa shape index (κ1) is 16.4. The molecule has 0 saturated carbocycles. The highest BCUT2D eigenvalue weighted by atomic mass is 15.5. The number of hydrogen-bond acceptors (Lipinski definition) is 1. The minimum atomic E-state index is 1.14. The van der Waals surface area contributed by atoms with Crippen LogP contribution in [0.25, 0.3) is 16.9 Å². The molecule has 1 aromatic heterocycles. The van der Waals surface area contributed by atoms with Gasteiger partial charge in [0.2, 0.25) is 0 Å². The van der Waals surface area contributed by atoms with Crippen molar-refractivity contribution in [2.75, 3.05) is 0 Å². The van der Waals surface area contributed by atoms with Crippen LogP contribution < -0.4 is 4.68 Å². The van der Waals surface area contributed by atoms with Crippen molar-refractivity contribution >= 4 is 0 Å². The predicted molar refractivity (Wildman–Crippen MR) is 98.6 cm³/mol. The molecule has 0 atom stereocenters. The molecule has 3 heteroatoms. The summed E-state index contributed by atoms with van der Waals surface area (Å²) < 4.78 is 3.99. The molecular formula is C21H26N3+. The molecule has 0 aliphatic heterocycles. The fourth-order valence-electron chi connectivity index (χ4n) is 3.87. The third-order valence-electron chi connectivity index (χ3n) is 4.62. The zero-order valence-corrected chi connectivity index (χ0v) is 15.7. The molecule has 3 aromatic rings. The van der Waals surface area contributed by atoms with Crippen molar-refractivity contribution in [1.82, 2.24) is 9.90 Å². The third kappa shape index (κ3) is 2.75. The Morgan fingerprint density at radius 2 is 1.21 bits per heavy atom. The van der Waals surface area contributed by atoms with Crippen molar-refractivity contribution in [2.45, 2.75) is 41.5 Å². The molecular weight excluding hydrogens is 294 g/mol. The van der Waals surface area contributed by atoms with E-state index in [2.05, 4.69) is 72.0 Å². The second-order valence-electron chi connectivity index (χ2n) is 6.99. The molecule has 0 bridgehead atoms. The van der Waals surface area contributed by atoms with E-state index in [1.54, 1.807) is 0 Å². The van der Waals surface area contributed by atoms with E-state index >= 15 is 0 Å². The average Bonchev–Trinajstić information content (AvgIpc) is 2.78. The molecule has 0 N–H and O–H groups in total. The fourth-order valence-corrected chi connectivity index (χ4v) is 3.87. The first-order valence-electron chi connectivity index (χ1n) is 8.40. The second kappa shape index (κ2) is 5.90. The van der Waals surface area contributed by atoms with Crippen molar-refractivity contribution in [2.24, 2.45) is 7.05 Å². The highest BCUT2D eigenvalue weighted by Crippen LogP contribution is 2.27. The Morgan fingerprint density at radius 3 is 1.71 bits per heavy atom. The van der Waals surface area contributed by atoms with Gasteiger partial charge in [0.05, 0.1) is 5.21 Å². The molecule has 3 nitrogen and oxygen atoms in total. The number of benzene rings is 2.